The van der Waals surface area contributed by atoms with E-state index in [1.165, 1.54) is 21.0 Å². The van der Waals surface area contributed by atoms with Crippen molar-refractivity contribution in [1.82, 2.24) is 0 Å². The molecule has 16 heavy (non-hydrogen) atoms. The second kappa shape index (κ2) is 5.60. The zero-order valence-corrected chi connectivity index (χ0v) is 9.52. The molecule has 6 heteroatoms. The second-order valence-electron chi connectivity index (χ2n) is 3.88. The summed E-state index contributed by atoms with van der Waals surface area (Å²) >= 11 is 0. The van der Waals surface area contributed by atoms with Crippen LogP contribution in [0.2, 0.25) is 0 Å². The number of Topliss-reactive ketones (excluding diaryl/α,β-unsaturated/α-hetero) is 1. The van der Waals surface area contributed by atoms with E-state index in [2.05, 4.69) is 0 Å². The van der Waals surface area contributed by atoms with E-state index in [9.17, 15) is 14.4 Å². The van der Waals surface area contributed by atoms with Crippen LogP contribution in [0.1, 0.15) is 26.7 Å². The van der Waals surface area contributed by atoms with Gasteiger partial charge in [-0.05, 0) is 13.8 Å². The molecule has 0 aliphatic carbocycles. The Labute approximate surface area is 93.2 Å². The lowest BCUT2D eigenvalue weighted by molar-refractivity contribution is -0.162. The summed E-state index contributed by atoms with van der Waals surface area (Å²) in [6.45, 7) is 2.73. The van der Waals surface area contributed by atoms with Crippen molar-refractivity contribution < 1.29 is 29.3 Å². The lowest BCUT2D eigenvalue weighted by atomic mass is 9.82. The minimum atomic E-state index is -1.30. The molecule has 0 aliphatic heterocycles. The second-order valence-corrected chi connectivity index (χ2v) is 3.88. The third-order valence-electron chi connectivity index (χ3n) is 2.48. The van der Waals surface area contributed by atoms with Gasteiger partial charge in [0.25, 0.3) is 0 Å². The fourth-order valence-electron chi connectivity index (χ4n) is 1.57. The largest absolute Gasteiger partial charge is 0.481 e. The van der Waals surface area contributed by atoms with Crippen molar-refractivity contribution in [2.75, 3.05) is 7.11 Å². The Morgan fingerprint density at radius 2 is 1.81 bits per heavy atom. The number of ketones is 1. The van der Waals surface area contributed by atoms with Gasteiger partial charge in [0, 0.05) is 13.5 Å². The SMILES string of the molecule is COC(C)(CC(C)=O)C(CC(=O)O)C(=O)O. The summed E-state index contributed by atoms with van der Waals surface area (Å²) < 4.78 is 5.01. The molecule has 0 spiro atoms. The van der Waals surface area contributed by atoms with Crippen LogP contribution >= 0.6 is 0 Å². The Morgan fingerprint density at radius 3 is 2.06 bits per heavy atom. The number of rotatable bonds is 7. The molecule has 0 heterocycles. The average Bonchev–Trinajstić information content (AvgIpc) is 2.12. The monoisotopic (exact) mass is 232 g/mol. The van der Waals surface area contributed by atoms with Crippen molar-refractivity contribution in [3.63, 3.8) is 0 Å². The van der Waals surface area contributed by atoms with E-state index < -0.39 is 29.9 Å². The molecule has 2 N–H and O–H groups in total. The average molecular weight is 232 g/mol. The van der Waals surface area contributed by atoms with Crippen LogP contribution in [0.5, 0.6) is 0 Å². The number of carbonyl (C=O) groups excluding carboxylic acids is 1. The first kappa shape index (κ1) is 14.6. The molecular formula is C10H16O6. The summed E-state index contributed by atoms with van der Waals surface area (Å²) in [4.78, 5) is 32.5. The van der Waals surface area contributed by atoms with E-state index in [0.717, 1.165) is 0 Å². The van der Waals surface area contributed by atoms with Gasteiger partial charge in [0.15, 0.2) is 0 Å². The smallest absolute Gasteiger partial charge is 0.310 e. The molecule has 0 rings (SSSR count). The molecular weight excluding hydrogens is 216 g/mol. The van der Waals surface area contributed by atoms with E-state index in [1.54, 1.807) is 0 Å². The van der Waals surface area contributed by atoms with E-state index in [4.69, 9.17) is 14.9 Å². The van der Waals surface area contributed by atoms with Gasteiger partial charge in [-0.15, -0.1) is 0 Å². The summed E-state index contributed by atoms with van der Waals surface area (Å²) in [6, 6.07) is 0. The number of carboxylic acid groups (broad SMARTS) is 2. The first-order valence-electron chi connectivity index (χ1n) is 4.72. The molecule has 0 aromatic heterocycles. The minimum absolute atomic E-state index is 0.131. The van der Waals surface area contributed by atoms with Crippen molar-refractivity contribution in [2.45, 2.75) is 32.3 Å². The highest BCUT2D eigenvalue weighted by atomic mass is 16.5. The number of ether oxygens (including phenoxy) is 1. The number of carbonyl (C=O) groups is 3. The van der Waals surface area contributed by atoms with Crippen LogP contribution in [0.25, 0.3) is 0 Å². The van der Waals surface area contributed by atoms with Crippen molar-refractivity contribution in [2.24, 2.45) is 5.92 Å². The summed E-state index contributed by atoms with van der Waals surface area (Å²) in [5.41, 5.74) is -1.30. The molecule has 0 bridgehead atoms. The van der Waals surface area contributed by atoms with Gasteiger partial charge in [0.1, 0.15) is 5.78 Å². The summed E-state index contributed by atoms with van der Waals surface area (Å²) in [7, 11) is 1.26. The highest BCUT2D eigenvalue weighted by Gasteiger charge is 2.41. The zero-order valence-electron chi connectivity index (χ0n) is 9.52. The van der Waals surface area contributed by atoms with Crippen LogP contribution in [0.3, 0.4) is 0 Å². The molecule has 0 saturated heterocycles. The molecule has 0 fully saturated rings. The third-order valence-corrected chi connectivity index (χ3v) is 2.48. The fourth-order valence-corrected chi connectivity index (χ4v) is 1.57. The van der Waals surface area contributed by atoms with Gasteiger partial charge in [0.2, 0.25) is 0 Å². The fraction of sp³-hybridized carbons (Fsp3) is 0.700. The number of hydrogen-bond donors (Lipinski definition) is 2. The Bertz CT molecular complexity index is 298. The van der Waals surface area contributed by atoms with Crippen LogP contribution in [-0.4, -0.2) is 40.6 Å². The predicted molar refractivity (Wildman–Crippen MR) is 54.1 cm³/mol. The van der Waals surface area contributed by atoms with E-state index >= 15 is 0 Å². The standard InChI is InChI=1S/C10H16O6/c1-6(11)5-10(2,16-3)7(9(14)15)4-8(12)13/h7H,4-5H2,1-3H3,(H,12,13)(H,14,15). The van der Waals surface area contributed by atoms with Gasteiger partial charge >= 0.3 is 11.9 Å². The Hall–Kier alpha value is -1.43. The van der Waals surface area contributed by atoms with Crippen molar-refractivity contribution in [3.8, 4) is 0 Å². The molecule has 0 radical (unpaired) electrons. The zero-order chi connectivity index (χ0) is 12.9. The maximum Gasteiger partial charge on any atom is 0.310 e. The number of aliphatic carboxylic acids is 2. The molecule has 0 saturated carbocycles. The quantitative estimate of drug-likeness (QED) is 0.664. The highest BCUT2D eigenvalue weighted by molar-refractivity contribution is 5.82. The predicted octanol–water partition coefficient (Wildman–Crippen LogP) is 0.546. The maximum atomic E-state index is 11.0. The number of hydrogen-bond acceptors (Lipinski definition) is 4. The summed E-state index contributed by atoms with van der Waals surface area (Å²) in [6.07, 6.45) is -0.708. The molecule has 0 aliphatic rings. The van der Waals surface area contributed by atoms with E-state index in [1.807, 2.05) is 0 Å². The van der Waals surface area contributed by atoms with E-state index in [-0.39, 0.29) is 12.2 Å². The van der Waals surface area contributed by atoms with Crippen LogP contribution in [0.15, 0.2) is 0 Å². The topological polar surface area (TPSA) is 101 Å². The van der Waals surface area contributed by atoms with Gasteiger partial charge < -0.3 is 14.9 Å². The molecule has 0 aromatic rings. The van der Waals surface area contributed by atoms with Crippen LogP contribution in [-0.2, 0) is 19.1 Å². The van der Waals surface area contributed by atoms with Gasteiger partial charge in [-0.1, -0.05) is 0 Å². The van der Waals surface area contributed by atoms with Gasteiger partial charge in [-0.2, -0.15) is 0 Å². The molecule has 0 aromatic carbocycles. The van der Waals surface area contributed by atoms with Gasteiger partial charge in [-0.3, -0.25) is 14.4 Å². The van der Waals surface area contributed by atoms with E-state index in [0.29, 0.717) is 0 Å². The first-order chi connectivity index (χ1) is 7.23. The maximum absolute atomic E-state index is 11.0. The van der Waals surface area contributed by atoms with Crippen molar-refractivity contribution in [3.05, 3.63) is 0 Å². The van der Waals surface area contributed by atoms with Crippen molar-refractivity contribution >= 4 is 17.7 Å². The van der Waals surface area contributed by atoms with Crippen molar-refractivity contribution in [1.29, 1.82) is 0 Å². The first-order valence-corrected chi connectivity index (χ1v) is 4.72. The molecule has 0 amide bonds. The minimum Gasteiger partial charge on any atom is -0.481 e. The lowest BCUT2D eigenvalue weighted by Gasteiger charge is -2.32. The highest BCUT2D eigenvalue weighted by Crippen LogP contribution is 2.28. The van der Waals surface area contributed by atoms with Gasteiger partial charge in [0.05, 0.1) is 17.9 Å². The lowest BCUT2D eigenvalue weighted by Crippen LogP contribution is -2.44. The summed E-state index contributed by atoms with van der Waals surface area (Å²) in [5, 5.41) is 17.6. The van der Waals surface area contributed by atoms with Crippen LogP contribution in [0.4, 0.5) is 0 Å². The van der Waals surface area contributed by atoms with Gasteiger partial charge in [-0.25, -0.2) is 0 Å². The van der Waals surface area contributed by atoms with Crippen LogP contribution in [0, 0.1) is 5.92 Å². The molecule has 2 unspecified atom stereocenters. The summed E-state index contributed by atoms with van der Waals surface area (Å²) in [5.74, 6) is -4.02. The Morgan fingerprint density at radius 1 is 1.31 bits per heavy atom. The third kappa shape index (κ3) is 3.98. The molecule has 6 nitrogen and oxygen atoms in total. The number of methoxy groups -OCH3 is 1. The molecule has 2 atom stereocenters. The molecule has 92 valence electrons. The Kier molecular flexibility index (Phi) is 5.10. The Balaban J connectivity index is 5.03. The van der Waals surface area contributed by atoms with Crippen LogP contribution < -0.4 is 0 Å². The number of carboxylic acids is 2. The normalized spacial score (nSPS) is 16.2.